The summed E-state index contributed by atoms with van der Waals surface area (Å²) in [6.07, 6.45) is 1.82. The summed E-state index contributed by atoms with van der Waals surface area (Å²) < 4.78 is 0. The van der Waals surface area contributed by atoms with Crippen LogP contribution in [0, 0.1) is 6.92 Å². The summed E-state index contributed by atoms with van der Waals surface area (Å²) in [5.74, 6) is 0.132. The Morgan fingerprint density at radius 1 is 1.42 bits per heavy atom. The first-order chi connectivity index (χ1) is 9.08. The van der Waals surface area contributed by atoms with Crippen molar-refractivity contribution in [1.29, 1.82) is 0 Å². The second-order valence-electron chi connectivity index (χ2n) is 4.63. The molecule has 0 saturated heterocycles. The van der Waals surface area contributed by atoms with Crippen molar-refractivity contribution in [3.63, 3.8) is 0 Å². The van der Waals surface area contributed by atoms with Gasteiger partial charge in [0.15, 0.2) is 0 Å². The molecule has 0 aliphatic rings. The van der Waals surface area contributed by atoms with Crippen molar-refractivity contribution in [2.45, 2.75) is 33.1 Å². The molecule has 1 aromatic rings. The molecule has 19 heavy (non-hydrogen) atoms. The van der Waals surface area contributed by atoms with Crippen LogP contribution in [-0.2, 0) is 11.2 Å². The van der Waals surface area contributed by atoms with Gasteiger partial charge in [0.1, 0.15) is 0 Å². The number of aliphatic hydroxyl groups excluding tert-OH is 1. The molecule has 4 heteroatoms. The topological polar surface area (TPSA) is 40.5 Å². The summed E-state index contributed by atoms with van der Waals surface area (Å²) in [7, 11) is 0. The second-order valence-corrected chi connectivity index (χ2v) is 5.04. The van der Waals surface area contributed by atoms with Crippen LogP contribution in [0.3, 0.4) is 0 Å². The van der Waals surface area contributed by atoms with Crippen LogP contribution in [0.15, 0.2) is 18.2 Å². The van der Waals surface area contributed by atoms with Gasteiger partial charge in [-0.3, -0.25) is 4.79 Å². The standard InChI is InChI=1S/C15H22ClNO2/c1-3-17(9-4-10-18)15(19)8-7-13-6-5-12(2)14(16)11-13/h5-6,11,18H,3-4,7-10H2,1-2H3. The summed E-state index contributed by atoms with van der Waals surface area (Å²) in [4.78, 5) is 13.8. The molecule has 0 aliphatic heterocycles. The summed E-state index contributed by atoms with van der Waals surface area (Å²) in [6, 6.07) is 5.91. The fourth-order valence-corrected chi connectivity index (χ4v) is 2.13. The van der Waals surface area contributed by atoms with Crippen molar-refractivity contribution < 1.29 is 9.90 Å². The van der Waals surface area contributed by atoms with E-state index in [0.29, 0.717) is 32.4 Å². The number of carbonyl (C=O) groups is 1. The van der Waals surface area contributed by atoms with Crippen LogP contribution in [0.25, 0.3) is 0 Å². The van der Waals surface area contributed by atoms with Crippen molar-refractivity contribution in [1.82, 2.24) is 4.90 Å². The molecule has 0 aliphatic carbocycles. The van der Waals surface area contributed by atoms with Crippen LogP contribution in [0.5, 0.6) is 0 Å². The number of aliphatic hydroxyl groups is 1. The molecule has 0 atom stereocenters. The number of benzene rings is 1. The summed E-state index contributed by atoms with van der Waals surface area (Å²) in [6.45, 7) is 5.36. The van der Waals surface area contributed by atoms with Crippen LogP contribution < -0.4 is 0 Å². The molecule has 0 aromatic heterocycles. The van der Waals surface area contributed by atoms with Gasteiger partial charge in [0.05, 0.1) is 0 Å². The van der Waals surface area contributed by atoms with Gasteiger partial charge in [0, 0.05) is 31.1 Å². The highest BCUT2D eigenvalue weighted by Gasteiger charge is 2.11. The van der Waals surface area contributed by atoms with E-state index in [-0.39, 0.29) is 12.5 Å². The van der Waals surface area contributed by atoms with E-state index in [2.05, 4.69) is 0 Å². The Bertz CT molecular complexity index is 421. The van der Waals surface area contributed by atoms with Crippen molar-refractivity contribution in [2.24, 2.45) is 0 Å². The van der Waals surface area contributed by atoms with E-state index in [9.17, 15) is 4.79 Å². The van der Waals surface area contributed by atoms with Crippen molar-refractivity contribution >= 4 is 17.5 Å². The predicted octanol–water partition coefficient (Wildman–Crippen LogP) is 2.81. The van der Waals surface area contributed by atoms with E-state index >= 15 is 0 Å². The van der Waals surface area contributed by atoms with Crippen LogP contribution >= 0.6 is 11.6 Å². The number of rotatable bonds is 7. The predicted molar refractivity (Wildman–Crippen MR) is 78.5 cm³/mol. The molecule has 0 saturated carbocycles. The smallest absolute Gasteiger partial charge is 0.222 e. The van der Waals surface area contributed by atoms with Gasteiger partial charge in [0.25, 0.3) is 0 Å². The Hall–Kier alpha value is -1.06. The first-order valence-electron chi connectivity index (χ1n) is 6.72. The van der Waals surface area contributed by atoms with E-state index in [1.54, 1.807) is 4.90 Å². The minimum atomic E-state index is 0.122. The lowest BCUT2D eigenvalue weighted by molar-refractivity contribution is -0.131. The molecule has 3 nitrogen and oxygen atoms in total. The lowest BCUT2D eigenvalue weighted by Gasteiger charge is -2.20. The van der Waals surface area contributed by atoms with E-state index < -0.39 is 0 Å². The third-order valence-corrected chi connectivity index (χ3v) is 3.59. The van der Waals surface area contributed by atoms with E-state index in [1.165, 1.54) is 0 Å². The van der Waals surface area contributed by atoms with Crippen molar-refractivity contribution in [3.05, 3.63) is 34.3 Å². The van der Waals surface area contributed by atoms with Crippen molar-refractivity contribution in [3.8, 4) is 0 Å². The Morgan fingerprint density at radius 3 is 2.74 bits per heavy atom. The molecule has 0 bridgehead atoms. The van der Waals surface area contributed by atoms with Gasteiger partial charge in [0.2, 0.25) is 5.91 Å². The SMILES string of the molecule is CCN(CCCO)C(=O)CCc1ccc(C)c(Cl)c1. The normalized spacial score (nSPS) is 10.5. The van der Waals surface area contributed by atoms with E-state index in [4.69, 9.17) is 16.7 Å². The van der Waals surface area contributed by atoms with Crippen LogP contribution in [0.4, 0.5) is 0 Å². The largest absolute Gasteiger partial charge is 0.396 e. The zero-order valence-electron chi connectivity index (χ0n) is 11.7. The highest BCUT2D eigenvalue weighted by molar-refractivity contribution is 6.31. The van der Waals surface area contributed by atoms with Gasteiger partial charge in [-0.2, -0.15) is 0 Å². The molecule has 1 N–H and O–H groups in total. The third-order valence-electron chi connectivity index (χ3n) is 3.18. The molecule has 0 heterocycles. The first kappa shape index (κ1) is 16.0. The van der Waals surface area contributed by atoms with Crippen LogP contribution in [0.2, 0.25) is 5.02 Å². The monoisotopic (exact) mass is 283 g/mol. The molecule has 0 fully saturated rings. The van der Waals surface area contributed by atoms with Gasteiger partial charge < -0.3 is 10.0 Å². The lowest BCUT2D eigenvalue weighted by Crippen LogP contribution is -2.32. The van der Waals surface area contributed by atoms with Gasteiger partial charge in [-0.1, -0.05) is 23.7 Å². The van der Waals surface area contributed by atoms with Gasteiger partial charge in [-0.15, -0.1) is 0 Å². The number of halogens is 1. The molecule has 106 valence electrons. The Morgan fingerprint density at radius 2 is 2.16 bits per heavy atom. The average molecular weight is 284 g/mol. The number of hydrogen-bond donors (Lipinski definition) is 1. The number of hydrogen-bond acceptors (Lipinski definition) is 2. The zero-order chi connectivity index (χ0) is 14.3. The molecular weight excluding hydrogens is 262 g/mol. The molecule has 1 aromatic carbocycles. The average Bonchev–Trinajstić information content (AvgIpc) is 2.41. The van der Waals surface area contributed by atoms with Gasteiger partial charge in [-0.25, -0.2) is 0 Å². The number of amides is 1. The lowest BCUT2D eigenvalue weighted by atomic mass is 10.1. The van der Waals surface area contributed by atoms with Gasteiger partial charge >= 0.3 is 0 Å². The van der Waals surface area contributed by atoms with Crippen LogP contribution in [0.1, 0.15) is 30.9 Å². The zero-order valence-corrected chi connectivity index (χ0v) is 12.4. The van der Waals surface area contributed by atoms with Crippen LogP contribution in [-0.4, -0.2) is 35.6 Å². The maximum absolute atomic E-state index is 12.0. The third kappa shape index (κ3) is 5.21. The Labute approximate surface area is 120 Å². The Kier molecular flexibility index (Phi) is 6.89. The van der Waals surface area contributed by atoms with E-state index in [0.717, 1.165) is 16.1 Å². The molecule has 1 rings (SSSR count). The van der Waals surface area contributed by atoms with Gasteiger partial charge in [-0.05, 0) is 43.9 Å². The fraction of sp³-hybridized carbons (Fsp3) is 0.533. The number of carbonyl (C=O) groups excluding carboxylic acids is 1. The number of aryl methyl sites for hydroxylation is 2. The quantitative estimate of drug-likeness (QED) is 0.836. The molecule has 0 radical (unpaired) electrons. The first-order valence-corrected chi connectivity index (χ1v) is 7.10. The summed E-state index contributed by atoms with van der Waals surface area (Å²) in [5, 5.41) is 9.55. The summed E-state index contributed by atoms with van der Waals surface area (Å²) >= 11 is 6.06. The molecule has 0 unspecified atom stereocenters. The second kappa shape index (κ2) is 8.18. The fourth-order valence-electron chi connectivity index (χ4n) is 1.92. The summed E-state index contributed by atoms with van der Waals surface area (Å²) in [5.41, 5.74) is 2.14. The minimum absolute atomic E-state index is 0.122. The number of nitrogens with zero attached hydrogens (tertiary/aromatic N) is 1. The minimum Gasteiger partial charge on any atom is -0.396 e. The molecular formula is C15H22ClNO2. The molecule has 1 amide bonds. The Balaban J connectivity index is 2.50. The van der Waals surface area contributed by atoms with Crippen molar-refractivity contribution in [2.75, 3.05) is 19.7 Å². The maximum atomic E-state index is 12.0. The van der Waals surface area contributed by atoms with E-state index in [1.807, 2.05) is 32.0 Å². The molecule has 0 spiro atoms. The highest BCUT2D eigenvalue weighted by atomic mass is 35.5. The highest BCUT2D eigenvalue weighted by Crippen LogP contribution is 2.17. The maximum Gasteiger partial charge on any atom is 0.222 e.